The molecular formula is C18H30N2O2. The van der Waals surface area contributed by atoms with Crippen LogP contribution in [-0.2, 0) is 4.74 Å². The van der Waals surface area contributed by atoms with E-state index in [0.29, 0.717) is 12.6 Å². The van der Waals surface area contributed by atoms with Gasteiger partial charge in [0.1, 0.15) is 0 Å². The van der Waals surface area contributed by atoms with Crippen molar-refractivity contribution in [3.05, 3.63) is 34.9 Å². The minimum absolute atomic E-state index is 0.406. The smallest absolute Gasteiger partial charge is 0.0917 e. The van der Waals surface area contributed by atoms with Crippen molar-refractivity contribution in [2.24, 2.45) is 0 Å². The Kier molecular flexibility index (Phi) is 6.38. The maximum Gasteiger partial charge on any atom is 0.0917 e. The summed E-state index contributed by atoms with van der Waals surface area (Å²) in [5.74, 6) is 0. The molecule has 1 aromatic rings. The molecule has 4 heteroatoms. The van der Waals surface area contributed by atoms with Gasteiger partial charge in [0.25, 0.3) is 0 Å². The summed E-state index contributed by atoms with van der Waals surface area (Å²) in [5, 5.41) is 10.5. The van der Waals surface area contributed by atoms with Crippen LogP contribution in [-0.4, -0.2) is 67.4 Å². The summed E-state index contributed by atoms with van der Waals surface area (Å²) in [6.07, 6.45) is -0.406. The molecule has 2 rings (SSSR count). The quantitative estimate of drug-likeness (QED) is 0.872. The molecule has 0 spiro atoms. The molecule has 1 saturated heterocycles. The van der Waals surface area contributed by atoms with Gasteiger partial charge in [-0.15, -0.1) is 0 Å². The van der Waals surface area contributed by atoms with Gasteiger partial charge in [-0.05, 0) is 37.5 Å². The van der Waals surface area contributed by atoms with Crippen molar-refractivity contribution in [1.82, 2.24) is 9.80 Å². The predicted octanol–water partition coefficient (Wildman–Crippen LogP) is 1.99. The lowest BCUT2D eigenvalue weighted by Gasteiger charge is -2.40. The number of hydrogen-bond donors (Lipinski definition) is 1. The van der Waals surface area contributed by atoms with E-state index in [0.717, 1.165) is 38.3 Å². The number of β-amino-alcohol motifs (C(OH)–C–C–N with tert-alkyl or cyclic N) is 1. The van der Waals surface area contributed by atoms with Crippen molar-refractivity contribution in [3.63, 3.8) is 0 Å². The molecule has 1 aromatic carbocycles. The predicted molar refractivity (Wildman–Crippen MR) is 90.2 cm³/mol. The molecule has 4 nitrogen and oxygen atoms in total. The van der Waals surface area contributed by atoms with E-state index in [1.54, 1.807) is 7.11 Å². The number of rotatable bonds is 6. The number of aliphatic hydroxyl groups is 1. The van der Waals surface area contributed by atoms with Crippen molar-refractivity contribution in [2.75, 3.05) is 46.4 Å². The highest BCUT2D eigenvalue weighted by Crippen LogP contribution is 2.19. The zero-order valence-electron chi connectivity index (χ0n) is 14.4. The standard InChI is InChI=1S/C18H30N2O2/c1-14-5-6-17(11-15(14)2)18(21)13-19-7-8-20(9-10-22-4)16(3)12-19/h5-6,11,16,18,21H,7-10,12-13H2,1-4H3/t16-,18+/m0/s1. The maximum atomic E-state index is 10.5. The average molecular weight is 306 g/mol. The van der Waals surface area contributed by atoms with Gasteiger partial charge in [-0.25, -0.2) is 0 Å². The van der Waals surface area contributed by atoms with Gasteiger partial charge in [0.15, 0.2) is 0 Å². The Hall–Kier alpha value is -0.940. The van der Waals surface area contributed by atoms with Crippen LogP contribution in [0.2, 0.25) is 0 Å². The molecule has 0 amide bonds. The van der Waals surface area contributed by atoms with E-state index in [9.17, 15) is 5.11 Å². The van der Waals surface area contributed by atoms with Gasteiger partial charge in [0.2, 0.25) is 0 Å². The van der Waals surface area contributed by atoms with Crippen LogP contribution >= 0.6 is 0 Å². The Morgan fingerprint density at radius 3 is 2.68 bits per heavy atom. The van der Waals surface area contributed by atoms with Gasteiger partial charge >= 0.3 is 0 Å². The van der Waals surface area contributed by atoms with Crippen molar-refractivity contribution in [2.45, 2.75) is 32.9 Å². The molecule has 1 fully saturated rings. The van der Waals surface area contributed by atoms with Crippen LogP contribution in [0.3, 0.4) is 0 Å². The van der Waals surface area contributed by atoms with E-state index >= 15 is 0 Å². The Labute approximate surface area is 134 Å². The van der Waals surface area contributed by atoms with E-state index in [-0.39, 0.29) is 0 Å². The first-order chi connectivity index (χ1) is 10.5. The third kappa shape index (κ3) is 4.53. The van der Waals surface area contributed by atoms with Crippen LogP contribution in [0.25, 0.3) is 0 Å². The second-order valence-corrected chi connectivity index (χ2v) is 6.50. The number of ether oxygens (including phenoxy) is 1. The topological polar surface area (TPSA) is 35.9 Å². The molecule has 1 heterocycles. The van der Waals surface area contributed by atoms with Crippen LogP contribution in [0.1, 0.15) is 29.7 Å². The molecule has 1 N–H and O–H groups in total. The van der Waals surface area contributed by atoms with Crippen LogP contribution in [0.15, 0.2) is 18.2 Å². The SMILES string of the molecule is COCCN1CCN(C[C@@H](O)c2ccc(C)c(C)c2)C[C@@H]1C. The summed E-state index contributed by atoms with van der Waals surface area (Å²) >= 11 is 0. The minimum Gasteiger partial charge on any atom is -0.387 e. The largest absolute Gasteiger partial charge is 0.387 e. The first-order valence-electron chi connectivity index (χ1n) is 8.22. The van der Waals surface area contributed by atoms with Gasteiger partial charge in [-0.3, -0.25) is 9.80 Å². The fraction of sp³-hybridized carbons (Fsp3) is 0.667. The maximum absolute atomic E-state index is 10.5. The monoisotopic (exact) mass is 306 g/mol. The number of hydrogen-bond acceptors (Lipinski definition) is 4. The first-order valence-corrected chi connectivity index (χ1v) is 8.22. The van der Waals surface area contributed by atoms with E-state index < -0.39 is 6.10 Å². The molecule has 0 radical (unpaired) electrons. The molecule has 2 atom stereocenters. The Bertz CT molecular complexity index is 478. The highest BCUT2D eigenvalue weighted by molar-refractivity contribution is 5.31. The number of nitrogens with zero attached hydrogens (tertiary/aromatic N) is 2. The van der Waals surface area contributed by atoms with Crippen molar-refractivity contribution in [3.8, 4) is 0 Å². The molecule has 0 saturated carbocycles. The van der Waals surface area contributed by atoms with E-state index in [2.05, 4.69) is 42.7 Å². The molecule has 0 bridgehead atoms. The summed E-state index contributed by atoms with van der Waals surface area (Å²) in [5.41, 5.74) is 3.54. The van der Waals surface area contributed by atoms with Gasteiger partial charge in [-0.1, -0.05) is 18.2 Å². The lowest BCUT2D eigenvalue weighted by Crippen LogP contribution is -2.53. The second kappa shape index (κ2) is 8.06. The highest BCUT2D eigenvalue weighted by atomic mass is 16.5. The van der Waals surface area contributed by atoms with Crippen LogP contribution < -0.4 is 0 Å². The van der Waals surface area contributed by atoms with Gasteiger partial charge in [0, 0.05) is 45.9 Å². The van der Waals surface area contributed by atoms with Crippen LogP contribution in [0.4, 0.5) is 0 Å². The Balaban J connectivity index is 1.87. The first kappa shape index (κ1) is 17.4. The normalized spacial score (nSPS) is 22.0. The van der Waals surface area contributed by atoms with E-state index in [1.807, 2.05) is 6.07 Å². The minimum atomic E-state index is -0.406. The van der Waals surface area contributed by atoms with Gasteiger partial charge in [0.05, 0.1) is 12.7 Å². The molecule has 0 aromatic heterocycles. The summed E-state index contributed by atoms with van der Waals surface area (Å²) in [6.45, 7) is 12.0. The summed E-state index contributed by atoms with van der Waals surface area (Å²) in [4.78, 5) is 4.83. The fourth-order valence-electron chi connectivity index (χ4n) is 3.10. The van der Waals surface area contributed by atoms with Crippen molar-refractivity contribution >= 4 is 0 Å². The van der Waals surface area contributed by atoms with E-state index in [1.165, 1.54) is 11.1 Å². The number of aliphatic hydroxyl groups excluding tert-OH is 1. The number of aryl methyl sites for hydroxylation is 2. The summed E-state index contributed by atoms with van der Waals surface area (Å²) < 4.78 is 5.17. The third-order valence-electron chi connectivity index (χ3n) is 4.78. The molecule has 124 valence electrons. The molecule has 1 aliphatic rings. The second-order valence-electron chi connectivity index (χ2n) is 6.50. The number of piperazine rings is 1. The molecule has 0 aliphatic carbocycles. The summed E-state index contributed by atoms with van der Waals surface area (Å²) in [6, 6.07) is 6.76. The van der Waals surface area contributed by atoms with Gasteiger partial charge < -0.3 is 9.84 Å². The summed E-state index contributed by atoms with van der Waals surface area (Å²) in [7, 11) is 1.75. The van der Waals surface area contributed by atoms with Crippen molar-refractivity contribution in [1.29, 1.82) is 0 Å². The van der Waals surface area contributed by atoms with Crippen LogP contribution in [0.5, 0.6) is 0 Å². The van der Waals surface area contributed by atoms with Gasteiger partial charge in [-0.2, -0.15) is 0 Å². The Morgan fingerprint density at radius 2 is 2.05 bits per heavy atom. The number of benzene rings is 1. The highest BCUT2D eigenvalue weighted by Gasteiger charge is 2.25. The van der Waals surface area contributed by atoms with Crippen LogP contribution in [0, 0.1) is 13.8 Å². The van der Waals surface area contributed by atoms with Crippen molar-refractivity contribution < 1.29 is 9.84 Å². The zero-order chi connectivity index (χ0) is 16.1. The lowest BCUT2D eigenvalue weighted by atomic mass is 10.0. The zero-order valence-corrected chi connectivity index (χ0v) is 14.4. The fourth-order valence-corrected chi connectivity index (χ4v) is 3.10. The molecule has 22 heavy (non-hydrogen) atoms. The lowest BCUT2D eigenvalue weighted by molar-refractivity contribution is 0.0330. The molecule has 1 aliphatic heterocycles. The molecular weight excluding hydrogens is 276 g/mol. The number of methoxy groups -OCH3 is 1. The Morgan fingerprint density at radius 1 is 1.27 bits per heavy atom. The third-order valence-corrected chi connectivity index (χ3v) is 4.78. The van der Waals surface area contributed by atoms with E-state index in [4.69, 9.17) is 4.74 Å². The molecule has 0 unspecified atom stereocenters. The average Bonchev–Trinajstić information content (AvgIpc) is 2.49.